The fraction of sp³-hybridized carbons (Fsp3) is 0.316. The van der Waals surface area contributed by atoms with Crippen molar-refractivity contribution in [3.63, 3.8) is 0 Å². The van der Waals surface area contributed by atoms with Crippen molar-refractivity contribution in [1.82, 2.24) is 0 Å². The van der Waals surface area contributed by atoms with E-state index in [0.29, 0.717) is 0 Å². The lowest BCUT2D eigenvalue weighted by atomic mass is 9.94. The summed E-state index contributed by atoms with van der Waals surface area (Å²) < 4.78 is 6.05. The number of para-hydroxylation sites is 4. The van der Waals surface area contributed by atoms with Crippen molar-refractivity contribution in [3.8, 4) is 11.5 Å². The van der Waals surface area contributed by atoms with Crippen LogP contribution in [0, 0.1) is 0 Å². The summed E-state index contributed by atoms with van der Waals surface area (Å²) in [5.41, 5.74) is 2.17. The quantitative estimate of drug-likeness (QED) is 0.659. The second-order valence-electron chi connectivity index (χ2n) is 6.57. The second kappa shape index (κ2) is 4.87. The first-order chi connectivity index (χ1) is 10.6. The number of rotatable bonds is 0. The Balaban J connectivity index is 1.90. The molecular formula is C19H20N2O. The summed E-state index contributed by atoms with van der Waals surface area (Å²) in [5.74, 6) is 2.93. The molecule has 0 saturated heterocycles. The van der Waals surface area contributed by atoms with Gasteiger partial charge in [0.15, 0.2) is 11.5 Å². The predicted molar refractivity (Wildman–Crippen MR) is 90.5 cm³/mol. The third-order valence-electron chi connectivity index (χ3n) is 4.31. The van der Waals surface area contributed by atoms with Crippen LogP contribution in [0.5, 0.6) is 11.5 Å². The van der Waals surface area contributed by atoms with Crippen LogP contribution < -0.4 is 9.64 Å². The number of hydrogen-bond donors (Lipinski definition) is 0. The topological polar surface area (TPSA) is 24.8 Å². The van der Waals surface area contributed by atoms with Crippen molar-refractivity contribution in [2.24, 2.45) is 4.99 Å². The number of anilines is 2. The maximum Gasteiger partial charge on any atom is 0.151 e. The molecule has 4 rings (SSSR count). The summed E-state index contributed by atoms with van der Waals surface area (Å²) in [6, 6.07) is 16.4. The van der Waals surface area contributed by atoms with Gasteiger partial charge in [0.1, 0.15) is 5.84 Å². The molecule has 2 aromatic rings. The van der Waals surface area contributed by atoms with Gasteiger partial charge in [0.05, 0.1) is 16.9 Å². The first kappa shape index (κ1) is 13.4. The molecule has 0 fully saturated rings. The number of benzene rings is 2. The largest absolute Gasteiger partial charge is 0.453 e. The molecular weight excluding hydrogens is 272 g/mol. The van der Waals surface area contributed by atoms with Crippen LogP contribution in [0.1, 0.15) is 33.1 Å². The van der Waals surface area contributed by atoms with Gasteiger partial charge in [0, 0.05) is 6.42 Å². The molecule has 0 radical (unpaired) electrons. The minimum absolute atomic E-state index is 0.00970. The maximum absolute atomic E-state index is 6.05. The van der Waals surface area contributed by atoms with Gasteiger partial charge in [0.2, 0.25) is 0 Å². The lowest BCUT2D eigenvalue weighted by Crippen LogP contribution is -2.35. The van der Waals surface area contributed by atoms with Crippen LogP contribution in [0.25, 0.3) is 0 Å². The van der Waals surface area contributed by atoms with Gasteiger partial charge in [-0.3, -0.25) is 9.89 Å². The van der Waals surface area contributed by atoms with Gasteiger partial charge in [-0.25, -0.2) is 0 Å². The molecule has 2 aliphatic heterocycles. The Bertz CT molecular complexity index is 703. The number of fused-ring (bicyclic) bond motifs is 2. The molecule has 2 aliphatic rings. The number of nitrogens with zero attached hydrogens (tertiary/aromatic N) is 2. The summed E-state index contributed by atoms with van der Waals surface area (Å²) in [6.07, 6.45) is 3.32. The summed E-state index contributed by atoms with van der Waals surface area (Å²) in [4.78, 5) is 7.30. The zero-order chi connectivity index (χ0) is 15.2. The molecule has 0 atom stereocenters. The van der Waals surface area contributed by atoms with Gasteiger partial charge >= 0.3 is 0 Å². The number of aliphatic imine (C=N–C) groups is 1. The standard InChI is InChI=1S/C19H20N2O/c1-19(2)13-7-12-18(20-19)21-14-8-3-5-10-16(14)22-17-11-6-4-9-15(17)21/h3-6,8-11H,7,12-13H2,1-2H3. The van der Waals surface area contributed by atoms with E-state index in [-0.39, 0.29) is 5.54 Å². The van der Waals surface area contributed by atoms with Crippen LogP contribution in [0.15, 0.2) is 53.5 Å². The Kier molecular flexibility index (Phi) is 2.96. The van der Waals surface area contributed by atoms with Crippen molar-refractivity contribution in [2.45, 2.75) is 38.6 Å². The van der Waals surface area contributed by atoms with Crippen LogP contribution in [0.4, 0.5) is 11.4 Å². The minimum atomic E-state index is 0.00970. The van der Waals surface area contributed by atoms with E-state index in [1.165, 1.54) is 6.42 Å². The highest BCUT2D eigenvalue weighted by molar-refractivity contribution is 6.07. The Morgan fingerprint density at radius 3 is 2.14 bits per heavy atom. The zero-order valence-corrected chi connectivity index (χ0v) is 13.0. The highest BCUT2D eigenvalue weighted by atomic mass is 16.5. The summed E-state index contributed by atoms with van der Waals surface area (Å²) in [5, 5.41) is 0. The van der Waals surface area contributed by atoms with E-state index < -0.39 is 0 Å². The Morgan fingerprint density at radius 1 is 0.955 bits per heavy atom. The SMILES string of the molecule is CC1(C)CCCC(N2c3ccccc3Oc3ccccc32)=N1. The highest BCUT2D eigenvalue weighted by Crippen LogP contribution is 2.47. The molecule has 2 aromatic carbocycles. The van der Waals surface area contributed by atoms with Crippen molar-refractivity contribution < 1.29 is 4.74 Å². The van der Waals surface area contributed by atoms with Crippen molar-refractivity contribution in [2.75, 3.05) is 4.90 Å². The predicted octanol–water partition coefficient (Wildman–Crippen LogP) is 5.29. The number of hydrogen-bond acceptors (Lipinski definition) is 3. The monoisotopic (exact) mass is 292 g/mol. The van der Waals surface area contributed by atoms with E-state index in [0.717, 1.165) is 41.6 Å². The third kappa shape index (κ3) is 2.17. The second-order valence-corrected chi connectivity index (χ2v) is 6.57. The molecule has 0 saturated carbocycles. The number of ether oxygens (including phenoxy) is 1. The molecule has 22 heavy (non-hydrogen) atoms. The molecule has 0 aliphatic carbocycles. The lowest BCUT2D eigenvalue weighted by Gasteiger charge is -2.37. The van der Waals surface area contributed by atoms with Gasteiger partial charge in [-0.2, -0.15) is 0 Å². The first-order valence-corrected chi connectivity index (χ1v) is 7.89. The Labute approximate surface area is 131 Å². The maximum atomic E-state index is 6.05. The van der Waals surface area contributed by atoms with E-state index in [2.05, 4.69) is 43.0 Å². The molecule has 112 valence electrons. The summed E-state index contributed by atoms with van der Waals surface area (Å²) >= 11 is 0. The highest BCUT2D eigenvalue weighted by Gasteiger charge is 2.31. The molecule has 0 amide bonds. The fourth-order valence-electron chi connectivity index (χ4n) is 3.28. The van der Waals surface area contributed by atoms with Gasteiger partial charge in [-0.1, -0.05) is 24.3 Å². The Morgan fingerprint density at radius 2 is 1.55 bits per heavy atom. The molecule has 0 unspecified atom stereocenters. The summed E-state index contributed by atoms with van der Waals surface area (Å²) in [7, 11) is 0. The normalized spacial score (nSPS) is 18.8. The van der Waals surface area contributed by atoms with Gasteiger partial charge in [-0.05, 0) is 51.0 Å². The lowest BCUT2D eigenvalue weighted by molar-refractivity contribution is 0.443. The van der Waals surface area contributed by atoms with E-state index in [1.54, 1.807) is 0 Å². The van der Waals surface area contributed by atoms with E-state index >= 15 is 0 Å². The smallest absolute Gasteiger partial charge is 0.151 e. The van der Waals surface area contributed by atoms with Crippen LogP contribution in [0.3, 0.4) is 0 Å². The van der Waals surface area contributed by atoms with Crippen molar-refractivity contribution in [3.05, 3.63) is 48.5 Å². The molecule has 2 heterocycles. The van der Waals surface area contributed by atoms with Crippen LogP contribution in [-0.4, -0.2) is 11.4 Å². The molecule has 3 nitrogen and oxygen atoms in total. The molecule has 0 aromatic heterocycles. The van der Waals surface area contributed by atoms with Crippen LogP contribution in [-0.2, 0) is 0 Å². The zero-order valence-electron chi connectivity index (χ0n) is 13.0. The average molecular weight is 292 g/mol. The first-order valence-electron chi connectivity index (χ1n) is 7.89. The molecule has 3 heteroatoms. The van der Waals surface area contributed by atoms with E-state index in [4.69, 9.17) is 9.73 Å². The van der Waals surface area contributed by atoms with E-state index in [9.17, 15) is 0 Å². The summed E-state index contributed by atoms with van der Waals surface area (Å²) in [6.45, 7) is 4.43. The van der Waals surface area contributed by atoms with Gasteiger partial charge in [-0.15, -0.1) is 0 Å². The fourth-order valence-corrected chi connectivity index (χ4v) is 3.28. The van der Waals surface area contributed by atoms with Crippen molar-refractivity contribution >= 4 is 17.2 Å². The van der Waals surface area contributed by atoms with Gasteiger partial charge in [0.25, 0.3) is 0 Å². The number of amidine groups is 1. The molecule has 0 spiro atoms. The average Bonchev–Trinajstić information content (AvgIpc) is 2.51. The van der Waals surface area contributed by atoms with Crippen LogP contribution >= 0.6 is 0 Å². The minimum Gasteiger partial charge on any atom is -0.453 e. The third-order valence-corrected chi connectivity index (χ3v) is 4.31. The van der Waals surface area contributed by atoms with E-state index in [1.807, 2.05) is 24.3 Å². The van der Waals surface area contributed by atoms with Gasteiger partial charge < -0.3 is 4.74 Å². The molecule has 0 bridgehead atoms. The molecule has 0 N–H and O–H groups in total. The van der Waals surface area contributed by atoms with Crippen LogP contribution in [0.2, 0.25) is 0 Å². The Hall–Kier alpha value is -2.29. The van der Waals surface area contributed by atoms with Crippen molar-refractivity contribution in [1.29, 1.82) is 0 Å².